The van der Waals surface area contributed by atoms with Gasteiger partial charge in [0.1, 0.15) is 0 Å². The number of rotatable bonds is 7. The van der Waals surface area contributed by atoms with Gasteiger partial charge in [0.05, 0.1) is 5.60 Å². The molecule has 0 fully saturated rings. The van der Waals surface area contributed by atoms with E-state index in [-0.39, 0.29) is 5.60 Å². The maximum absolute atomic E-state index is 5.42. The molecule has 3 heteroatoms. The van der Waals surface area contributed by atoms with Crippen LogP contribution in [0.3, 0.4) is 0 Å². The summed E-state index contributed by atoms with van der Waals surface area (Å²) in [6.07, 6.45) is 3.19. The van der Waals surface area contributed by atoms with Gasteiger partial charge in [-0.25, -0.2) is 0 Å². The minimum atomic E-state index is -0.0318. The van der Waals surface area contributed by atoms with E-state index >= 15 is 0 Å². The van der Waals surface area contributed by atoms with Gasteiger partial charge in [-0.3, -0.25) is 0 Å². The maximum atomic E-state index is 5.42. The first-order chi connectivity index (χ1) is 6.72. The van der Waals surface area contributed by atoms with Gasteiger partial charge in [0, 0.05) is 24.4 Å². The topological polar surface area (TPSA) is 21.3 Å². The molecule has 0 saturated carbocycles. The molecule has 1 unspecified atom stereocenters. The Labute approximate surface area is 99.5 Å². The molecule has 0 amide bonds. The molecule has 0 spiro atoms. The zero-order valence-corrected chi connectivity index (χ0v) is 12.1. The Morgan fingerprint density at radius 2 is 1.80 bits per heavy atom. The third-order valence-corrected chi connectivity index (χ3v) is 4.03. The molecule has 2 nitrogen and oxygen atoms in total. The highest BCUT2D eigenvalue weighted by molar-refractivity contribution is 7.99. The zero-order chi connectivity index (χ0) is 12.1. The van der Waals surface area contributed by atoms with Crippen LogP contribution < -0.4 is 5.32 Å². The summed E-state index contributed by atoms with van der Waals surface area (Å²) in [6, 6.07) is 0.492. The van der Waals surface area contributed by atoms with E-state index in [9.17, 15) is 0 Å². The fourth-order valence-corrected chi connectivity index (χ4v) is 1.61. The van der Waals surface area contributed by atoms with Gasteiger partial charge < -0.3 is 10.1 Å². The van der Waals surface area contributed by atoms with Crippen LogP contribution in [-0.4, -0.2) is 36.3 Å². The number of hydrogen-bond donors (Lipinski definition) is 1. The molecule has 0 bridgehead atoms. The largest absolute Gasteiger partial charge is 0.379 e. The Bertz CT molecular complexity index is 180. The minimum absolute atomic E-state index is 0.0318. The van der Waals surface area contributed by atoms with Crippen LogP contribution in [0.25, 0.3) is 0 Å². The number of thioether (sulfide) groups is 1. The molecule has 0 rings (SSSR count). The smallest absolute Gasteiger partial charge is 0.0637 e. The predicted octanol–water partition coefficient (Wildman–Crippen LogP) is 2.92. The van der Waals surface area contributed by atoms with Crippen LogP contribution in [-0.2, 0) is 4.74 Å². The summed E-state index contributed by atoms with van der Waals surface area (Å²) in [4.78, 5) is 0. The van der Waals surface area contributed by atoms with Crippen molar-refractivity contribution >= 4 is 11.8 Å². The molecule has 0 aliphatic rings. The number of hydrogen-bond acceptors (Lipinski definition) is 3. The molecular weight excluding hydrogens is 206 g/mol. The first-order valence-corrected chi connectivity index (χ1v) is 6.78. The van der Waals surface area contributed by atoms with Crippen LogP contribution in [0, 0.1) is 0 Å². The summed E-state index contributed by atoms with van der Waals surface area (Å²) in [5, 5.41) is 3.56. The molecule has 0 aromatic rings. The second kappa shape index (κ2) is 6.12. The summed E-state index contributed by atoms with van der Waals surface area (Å²) in [5.74, 6) is 0. The number of ether oxygens (including phenoxy) is 1. The molecule has 0 aromatic heterocycles. The molecule has 0 heterocycles. The lowest BCUT2D eigenvalue weighted by Crippen LogP contribution is -2.41. The third-order valence-electron chi connectivity index (χ3n) is 2.78. The van der Waals surface area contributed by atoms with Crippen molar-refractivity contribution in [3.05, 3.63) is 0 Å². The second-order valence-electron chi connectivity index (χ2n) is 5.41. The van der Waals surface area contributed by atoms with E-state index in [1.807, 2.05) is 11.8 Å². The Morgan fingerprint density at radius 3 is 2.20 bits per heavy atom. The Morgan fingerprint density at radius 1 is 1.27 bits per heavy atom. The standard InChI is InChI=1S/C12H27NOS/c1-10(8-11(2,3)14-6)13-9-12(4,5)15-7/h10,13H,8-9H2,1-7H3. The van der Waals surface area contributed by atoms with Crippen molar-refractivity contribution in [2.45, 2.75) is 57.4 Å². The van der Waals surface area contributed by atoms with Crippen molar-refractivity contribution in [3.8, 4) is 0 Å². The summed E-state index contributed by atoms with van der Waals surface area (Å²) in [5.41, 5.74) is -0.0318. The van der Waals surface area contributed by atoms with Crippen molar-refractivity contribution in [1.29, 1.82) is 0 Å². The lowest BCUT2D eigenvalue weighted by Gasteiger charge is -2.30. The molecule has 0 radical (unpaired) electrons. The van der Waals surface area contributed by atoms with E-state index in [2.05, 4.69) is 46.2 Å². The van der Waals surface area contributed by atoms with Gasteiger partial charge in [0.25, 0.3) is 0 Å². The molecule has 0 aliphatic heterocycles. The molecule has 92 valence electrons. The molecular formula is C12H27NOS. The Hall–Kier alpha value is 0.270. The quantitative estimate of drug-likeness (QED) is 0.730. The highest BCUT2D eigenvalue weighted by Gasteiger charge is 2.22. The van der Waals surface area contributed by atoms with Crippen molar-refractivity contribution < 1.29 is 4.74 Å². The van der Waals surface area contributed by atoms with Crippen molar-refractivity contribution in [3.63, 3.8) is 0 Å². The van der Waals surface area contributed by atoms with E-state index in [0.29, 0.717) is 10.8 Å². The summed E-state index contributed by atoms with van der Waals surface area (Å²) >= 11 is 1.90. The fourth-order valence-electron chi connectivity index (χ4n) is 1.39. The van der Waals surface area contributed by atoms with Crippen LogP contribution in [0.2, 0.25) is 0 Å². The zero-order valence-electron chi connectivity index (χ0n) is 11.3. The van der Waals surface area contributed by atoms with Crippen molar-refractivity contribution in [2.24, 2.45) is 0 Å². The normalized spacial score (nSPS) is 15.4. The molecule has 0 aromatic carbocycles. The molecule has 1 N–H and O–H groups in total. The lowest BCUT2D eigenvalue weighted by atomic mass is 9.99. The first kappa shape index (κ1) is 15.3. The van der Waals surface area contributed by atoms with E-state index in [1.165, 1.54) is 0 Å². The average molecular weight is 233 g/mol. The van der Waals surface area contributed by atoms with Gasteiger partial charge in [-0.05, 0) is 47.3 Å². The first-order valence-electron chi connectivity index (χ1n) is 5.56. The highest BCUT2D eigenvalue weighted by atomic mass is 32.2. The van der Waals surface area contributed by atoms with Gasteiger partial charge in [-0.2, -0.15) is 11.8 Å². The second-order valence-corrected chi connectivity index (χ2v) is 6.93. The highest BCUT2D eigenvalue weighted by Crippen LogP contribution is 2.21. The van der Waals surface area contributed by atoms with Crippen LogP contribution >= 0.6 is 11.8 Å². The van der Waals surface area contributed by atoms with Gasteiger partial charge in [-0.1, -0.05) is 0 Å². The maximum Gasteiger partial charge on any atom is 0.0637 e. The Balaban J connectivity index is 3.90. The Kier molecular flexibility index (Phi) is 6.23. The van der Waals surface area contributed by atoms with E-state index in [1.54, 1.807) is 7.11 Å². The van der Waals surface area contributed by atoms with Gasteiger partial charge in [-0.15, -0.1) is 0 Å². The van der Waals surface area contributed by atoms with E-state index in [0.717, 1.165) is 13.0 Å². The molecule has 15 heavy (non-hydrogen) atoms. The molecule has 0 saturated heterocycles. The molecule has 1 atom stereocenters. The van der Waals surface area contributed by atoms with Crippen LogP contribution in [0.5, 0.6) is 0 Å². The fraction of sp³-hybridized carbons (Fsp3) is 1.00. The van der Waals surface area contributed by atoms with Crippen LogP contribution in [0.4, 0.5) is 0 Å². The van der Waals surface area contributed by atoms with Gasteiger partial charge >= 0.3 is 0 Å². The summed E-state index contributed by atoms with van der Waals surface area (Å²) < 4.78 is 5.73. The molecule has 0 aliphatic carbocycles. The number of nitrogens with one attached hydrogen (secondary N) is 1. The van der Waals surface area contributed by atoms with Crippen LogP contribution in [0.1, 0.15) is 41.0 Å². The SMILES string of the molecule is COC(C)(C)CC(C)NCC(C)(C)SC. The number of methoxy groups -OCH3 is 1. The summed E-state index contributed by atoms with van der Waals surface area (Å²) in [7, 11) is 1.78. The van der Waals surface area contributed by atoms with Crippen molar-refractivity contribution in [1.82, 2.24) is 5.32 Å². The third kappa shape index (κ3) is 7.20. The van der Waals surface area contributed by atoms with E-state index < -0.39 is 0 Å². The van der Waals surface area contributed by atoms with Crippen molar-refractivity contribution in [2.75, 3.05) is 19.9 Å². The van der Waals surface area contributed by atoms with Gasteiger partial charge in [0.15, 0.2) is 0 Å². The minimum Gasteiger partial charge on any atom is -0.379 e. The summed E-state index contributed by atoms with van der Waals surface area (Å²) in [6.45, 7) is 12.0. The monoisotopic (exact) mass is 233 g/mol. The lowest BCUT2D eigenvalue weighted by molar-refractivity contribution is 0.00849. The van der Waals surface area contributed by atoms with Gasteiger partial charge in [0.2, 0.25) is 0 Å². The van der Waals surface area contributed by atoms with E-state index in [4.69, 9.17) is 4.74 Å². The van der Waals surface area contributed by atoms with Crippen LogP contribution in [0.15, 0.2) is 0 Å². The average Bonchev–Trinajstić information content (AvgIpc) is 2.15. The predicted molar refractivity (Wildman–Crippen MR) is 70.8 cm³/mol.